The topological polar surface area (TPSA) is 56.0 Å². The van der Waals surface area contributed by atoms with E-state index in [4.69, 9.17) is 0 Å². The van der Waals surface area contributed by atoms with Gasteiger partial charge in [0.2, 0.25) is 0 Å². The highest BCUT2D eigenvalue weighted by atomic mass is 16.6. The average molecular weight is 230 g/mol. The first-order chi connectivity index (χ1) is 8.24. The van der Waals surface area contributed by atoms with Crippen molar-refractivity contribution in [1.29, 1.82) is 0 Å². The summed E-state index contributed by atoms with van der Waals surface area (Å²) >= 11 is 0. The summed E-state index contributed by atoms with van der Waals surface area (Å²) in [5.74, 6) is 0. The highest BCUT2D eigenvalue weighted by Crippen LogP contribution is 2.28. The molecule has 1 heterocycles. The Kier molecular flexibility index (Phi) is 3.32. The molecule has 0 radical (unpaired) electrons. The van der Waals surface area contributed by atoms with Crippen molar-refractivity contribution in [2.45, 2.75) is 26.2 Å². The van der Waals surface area contributed by atoms with E-state index >= 15 is 0 Å². The fourth-order valence-corrected chi connectivity index (χ4v) is 1.98. The largest absolute Gasteiger partial charge is 0.279 e. The van der Waals surface area contributed by atoms with Gasteiger partial charge in [0.25, 0.3) is 5.69 Å². The van der Waals surface area contributed by atoms with E-state index in [9.17, 15) is 10.1 Å². The zero-order valence-corrected chi connectivity index (χ0v) is 9.72. The third-order valence-electron chi connectivity index (χ3n) is 2.83. The fraction of sp³-hybridized carbons (Fsp3) is 0.308. The van der Waals surface area contributed by atoms with E-state index in [1.807, 2.05) is 12.1 Å². The van der Waals surface area contributed by atoms with Gasteiger partial charge in [-0.15, -0.1) is 0 Å². The fourth-order valence-electron chi connectivity index (χ4n) is 1.98. The Morgan fingerprint density at radius 2 is 2.18 bits per heavy atom. The predicted molar refractivity (Wildman–Crippen MR) is 67.0 cm³/mol. The van der Waals surface area contributed by atoms with Crippen molar-refractivity contribution in [1.82, 2.24) is 4.98 Å². The molecule has 17 heavy (non-hydrogen) atoms. The van der Waals surface area contributed by atoms with Gasteiger partial charge in [0.05, 0.1) is 15.8 Å². The second-order valence-electron chi connectivity index (χ2n) is 4.00. The summed E-state index contributed by atoms with van der Waals surface area (Å²) in [6.07, 6.45) is 4.69. The van der Waals surface area contributed by atoms with E-state index in [-0.39, 0.29) is 10.6 Å². The van der Waals surface area contributed by atoms with Gasteiger partial charge in [-0.1, -0.05) is 19.4 Å². The maximum absolute atomic E-state index is 11.0. The van der Waals surface area contributed by atoms with Crippen molar-refractivity contribution in [2.24, 2.45) is 0 Å². The first-order valence-corrected chi connectivity index (χ1v) is 5.75. The molecular formula is C13H14N2O2. The van der Waals surface area contributed by atoms with Crippen LogP contribution in [0.2, 0.25) is 0 Å². The summed E-state index contributed by atoms with van der Waals surface area (Å²) in [6.45, 7) is 2.11. The molecule has 88 valence electrons. The molecule has 2 rings (SSSR count). The van der Waals surface area contributed by atoms with E-state index < -0.39 is 0 Å². The van der Waals surface area contributed by atoms with E-state index in [2.05, 4.69) is 11.9 Å². The van der Waals surface area contributed by atoms with Crippen LogP contribution in [0.15, 0.2) is 30.5 Å². The molecule has 0 aliphatic rings. The van der Waals surface area contributed by atoms with Crippen LogP contribution >= 0.6 is 0 Å². The maximum atomic E-state index is 11.0. The quantitative estimate of drug-likeness (QED) is 0.596. The van der Waals surface area contributed by atoms with Crippen LogP contribution in [0.3, 0.4) is 0 Å². The molecule has 0 bridgehead atoms. The second kappa shape index (κ2) is 4.91. The number of hydrogen-bond acceptors (Lipinski definition) is 3. The summed E-state index contributed by atoms with van der Waals surface area (Å²) in [7, 11) is 0. The summed E-state index contributed by atoms with van der Waals surface area (Å²) in [5, 5.41) is 11.7. The minimum absolute atomic E-state index is 0.154. The highest BCUT2D eigenvalue weighted by molar-refractivity contribution is 5.90. The lowest BCUT2D eigenvalue weighted by Gasteiger charge is -2.05. The van der Waals surface area contributed by atoms with Gasteiger partial charge < -0.3 is 0 Å². The first kappa shape index (κ1) is 11.5. The molecule has 0 aliphatic heterocycles. The number of nitro benzene ring substituents is 1. The lowest BCUT2D eigenvalue weighted by Crippen LogP contribution is -1.95. The molecule has 0 unspecified atom stereocenters. The standard InChI is InChI=1S/C13H14N2O2/c1-2-3-5-10-8-9-14-11-6-4-7-12(13(10)11)15(16)17/h4,6-9H,2-3,5H2,1H3. The molecule has 4 heteroatoms. The molecule has 2 aromatic rings. The molecule has 4 nitrogen and oxygen atoms in total. The number of nitrogens with zero attached hydrogens (tertiary/aromatic N) is 2. The minimum atomic E-state index is -0.334. The Labute approximate surface area is 99.4 Å². The van der Waals surface area contributed by atoms with Gasteiger partial charge in [-0.3, -0.25) is 15.1 Å². The molecular weight excluding hydrogens is 216 g/mol. The number of unbranched alkanes of at least 4 members (excludes halogenated alkanes) is 1. The number of rotatable bonds is 4. The Balaban J connectivity index is 2.62. The minimum Gasteiger partial charge on any atom is -0.258 e. The van der Waals surface area contributed by atoms with Crippen molar-refractivity contribution >= 4 is 16.6 Å². The number of benzene rings is 1. The Bertz CT molecular complexity index is 547. The first-order valence-electron chi connectivity index (χ1n) is 5.75. The van der Waals surface area contributed by atoms with Gasteiger partial charge in [0, 0.05) is 12.3 Å². The van der Waals surface area contributed by atoms with Gasteiger partial charge in [0.1, 0.15) is 0 Å². The van der Waals surface area contributed by atoms with Gasteiger partial charge in [0.15, 0.2) is 0 Å². The van der Waals surface area contributed by atoms with Crippen molar-refractivity contribution in [3.05, 3.63) is 46.1 Å². The van der Waals surface area contributed by atoms with Crippen LogP contribution < -0.4 is 0 Å². The zero-order valence-electron chi connectivity index (χ0n) is 9.72. The van der Waals surface area contributed by atoms with Crippen LogP contribution in [0.25, 0.3) is 10.9 Å². The third kappa shape index (κ3) is 2.25. The van der Waals surface area contributed by atoms with Crippen LogP contribution in [0, 0.1) is 10.1 Å². The summed E-state index contributed by atoms with van der Waals surface area (Å²) in [5.41, 5.74) is 1.87. The molecule has 0 atom stereocenters. The number of hydrogen-bond donors (Lipinski definition) is 0. The molecule has 0 amide bonds. The van der Waals surface area contributed by atoms with Crippen LogP contribution in [0.5, 0.6) is 0 Å². The van der Waals surface area contributed by atoms with E-state index in [0.717, 1.165) is 24.8 Å². The summed E-state index contributed by atoms with van der Waals surface area (Å²) in [6, 6.07) is 6.92. The SMILES string of the molecule is CCCCc1ccnc2cccc([N+](=O)[O-])c12. The zero-order chi connectivity index (χ0) is 12.3. The van der Waals surface area contributed by atoms with Gasteiger partial charge in [-0.05, 0) is 30.5 Å². The van der Waals surface area contributed by atoms with Crippen molar-refractivity contribution in [3.63, 3.8) is 0 Å². The van der Waals surface area contributed by atoms with Crippen LogP contribution in [0.1, 0.15) is 25.3 Å². The number of aromatic nitrogens is 1. The summed E-state index contributed by atoms with van der Waals surface area (Å²) < 4.78 is 0. The maximum Gasteiger partial charge on any atom is 0.279 e. The molecule has 0 aliphatic carbocycles. The lowest BCUT2D eigenvalue weighted by atomic mass is 10.0. The molecule has 0 saturated carbocycles. The summed E-state index contributed by atoms with van der Waals surface area (Å²) in [4.78, 5) is 14.9. The molecule has 1 aromatic carbocycles. The normalized spacial score (nSPS) is 10.6. The smallest absolute Gasteiger partial charge is 0.258 e. The Hall–Kier alpha value is -1.97. The van der Waals surface area contributed by atoms with Gasteiger partial charge in [-0.2, -0.15) is 0 Å². The molecule has 1 aromatic heterocycles. The number of aryl methyl sites for hydroxylation is 1. The third-order valence-corrected chi connectivity index (χ3v) is 2.83. The second-order valence-corrected chi connectivity index (χ2v) is 4.00. The number of pyridine rings is 1. The molecule has 0 spiro atoms. The molecule has 0 N–H and O–H groups in total. The predicted octanol–water partition coefficient (Wildman–Crippen LogP) is 3.49. The van der Waals surface area contributed by atoms with Crippen molar-refractivity contribution < 1.29 is 4.92 Å². The van der Waals surface area contributed by atoms with Crippen LogP contribution in [-0.4, -0.2) is 9.91 Å². The van der Waals surface area contributed by atoms with Crippen LogP contribution in [-0.2, 0) is 6.42 Å². The molecule has 0 saturated heterocycles. The van der Waals surface area contributed by atoms with Gasteiger partial charge >= 0.3 is 0 Å². The van der Waals surface area contributed by atoms with E-state index in [0.29, 0.717) is 10.9 Å². The average Bonchev–Trinajstić information content (AvgIpc) is 2.35. The van der Waals surface area contributed by atoms with Gasteiger partial charge in [-0.25, -0.2) is 0 Å². The highest BCUT2D eigenvalue weighted by Gasteiger charge is 2.14. The van der Waals surface area contributed by atoms with E-state index in [1.165, 1.54) is 0 Å². The lowest BCUT2D eigenvalue weighted by molar-refractivity contribution is -0.383. The number of fused-ring (bicyclic) bond motifs is 1. The number of non-ortho nitro benzene ring substituents is 1. The van der Waals surface area contributed by atoms with Crippen molar-refractivity contribution in [2.75, 3.05) is 0 Å². The molecule has 0 fully saturated rings. The van der Waals surface area contributed by atoms with Crippen LogP contribution in [0.4, 0.5) is 5.69 Å². The Morgan fingerprint density at radius 3 is 2.88 bits per heavy atom. The monoisotopic (exact) mass is 230 g/mol. The van der Waals surface area contributed by atoms with E-state index in [1.54, 1.807) is 18.3 Å². The van der Waals surface area contributed by atoms with Crippen molar-refractivity contribution in [3.8, 4) is 0 Å². The Morgan fingerprint density at radius 1 is 1.35 bits per heavy atom. The number of nitro groups is 1.